The first-order chi connectivity index (χ1) is 15.1. The van der Waals surface area contributed by atoms with E-state index in [2.05, 4.69) is 16.7 Å². The van der Waals surface area contributed by atoms with E-state index in [0.29, 0.717) is 23.7 Å². The molecule has 7 heteroatoms. The molecule has 31 heavy (non-hydrogen) atoms. The van der Waals surface area contributed by atoms with E-state index in [1.54, 1.807) is 7.11 Å². The standard InChI is InChI=1S/C24H33N3O4/c1-18-8-12-26(13-9-18)22-21(19-4-6-20(30-2)7-5-19)23(28)27(24(22)29)11-3-10-25-14-16-31-17-15-25/h4-7,18H,3,8-17H2,1-2H3. The molecule has 4 rings (SSSR count). The van der Waals surface area contributed by atoms with Crippen molar-refractivity contribution in [1.82, 2.24) is 14.7 Å². The molecular weight excluding hydrogens is 394 g/mol. The largest absolute Gasteiger partial charge is 0.497 e. The maximum Gasteiger partial charge on any atom is 0.277 e. The lowest BCUT2D eigenvalue weighted by molar-refractivity contribution is -0.137. The minimum atomic E-state index is -0.175. The van der Waals surface area contributed by atoms with Crippen LogP contribution in [0.25, 0.3) is 5.57 Å². The zero-order valence-electron chi connectivity index (χ0n) is 18.6. The van der Waals surface area contributed by atoms with E-state index < -0.39 is 0 Å². The SMILES string of the molecule is COc1ccc(C2=C(N3CCC(C)CC3)C(=O)N(CCCN3CCOCC3)C2=O)cc1. The number of morpholine rings is 1. The van der Waals surface area contributed by atoms with E-state index in [9.17, 15) is 9.59 Å². The third-order valence-electron chi connectivity index (χ3n) is 6.58. The van der Waals surface area contributed by atoms with Crippen molar-refractivity contribution in [2.45, 2.75) is 26.2 Å². The van der Waals surface area contributed by atoms with Gasteiger partial charge in [0.25, 0.3) is 11.8 Å². The number of carbonyl (C=O) groups is 2. The molecule has 0 unspecified atom stereocenters. The minimum absolute atomic E-state index is 0.146. The average Bonchev–Trinajstić information content (AvgIpc) is 3.05. The molecule has 0 bridgehead atoms. The summed E-state index contributed by atoms with van der Waals surface area (Å²) in [7, 11) is 1.62. The fourth-order valence-electron chi connectivity index (χ4n) is 4.59. The molecule has 3 aliphatic heterocycles. The van der Waals surface area contributed by atoms with E-state index in [1.807, 2.05) is 24.3 Å². The summed E-state index contributed by atoms with van der Waals surface area (Å²) in [6.07, 6.45) is 2.85. The Labute approximate surface area is 184 Å². The monoisotopic (exact) mass is 427 g/mol. The number of carbonyl (C=O) groups excluding carboxylic acids is 2. The normalized spacial score (nSPS) is 21.4. The smallest absolute Gasteiger partial charge is 0.277 e. The molecule has 7 nitrogen and oxygen atoms in total. The maximum atomic E-state index is 13.4. The second-order valence-electron chi connectivity index (χ2n) is 8.69. The Kier molecular flexibility index (Phi) is 6.92. The molecule has 0 atom stereocenters. The molecule has 2 fully saturated rings. The van der Waals surface area contributed by atoms with Crippen molar-refractivity contribution in [2.75, 3.05) is 59.6 Å². The average molecular weight is 428 g/mol. The summed E-state index contributed by atoms with van der Waals surface area (Å²) in [5.74, 6) is 1.06. The van der Waals surface area contributed by atoms with E-state index in [1.165, 1.54) is 4.90 Å². The Hall–Kier alpha value is -2.38. The number of ether oxygens (including phenoxy) is 2. The van der Waals surface area contributed by atoms with Gasteiger partial charge in [-0.15, -0.1) is 0 Å². The number of likely N-dealkylation sites (tertiary alicyclic amines) is 1. The summed E-state index contributed by atoms with van der Waals surface area (Å²) in [5, 5.41) is 0. The number of rotatable bonds is 7. The van der Waals surface area contributed by atoms with Crippen molar-refractivity contribution < 1.29 is 19.1 Å². The van der Waals surface area contributed by atoms with Crippen molar-refractivity contribution in [3.63, 3.8) is 0 Å². The Morgan fingerprint density at radius 1 is 0.968 bits per heavy atom. The van der Waals surface area contributed by atoms with Crippen LogP contribution in [0.4, 0.5) is 0 Å². The van der Waals surface area contributed by atoms with E-state index in [0.717, 1.165) is 76.5 Å². The highest BCUT2D eigenvalue weighted by Crippen LogP contribution is 2.34. The zero-order chi connectivity index (χ0) is 21.8. The van der Waals surface area contributed by atoms with Gasteiger partial charge in [-0.25, -0.2) is 0 Å². The van der Waals surface area contributed by atoms with Crippen LogP contribution >= 0.6 is 0 Å². The number of amides is 2. The quantitative estimate of drug-likeness (QED) is 0.622. The van der Waals surface area contributed by atoms with Crippen LogP contribution in [0.1, 0.15) is 31.7 Å². The first-order valence-electron chi connectivity index (χ1n) is 11.4. The van der Waals surface area contributed by atoms with Crippen molar-refractivity contribution >= 4 is 17.4 Å². The van der Waals surface area contributed by atoms with Crippen LogP contribution in [0.5, 0.6) is 5.75 Å². The summed E-state index contributed by atoms with van der Waals surface area (Å²) < 4.78 is 10.7. The number of methoxy groups -OCH3 is 1. The molecule has 0 saturated carbocycles. The van der Waals surface area contributed by atoms with Gasteiger partial charge in [0.15, 0.2) is 0 Å². The molecule has 2 amide bonds. The minimum Gasteiger partial charge on any atom is -0.497 e. The summed E-state index contributed by atoms with van der Waals surface area (Å²) >= 11 is 0. The van der Waals surface area contributed by atoms with Crippen molar-refractivity contribution in [3.05, 3.63) is 35.5 Å². The first-order valence-corrected chi connectivity index (χ1v) is 11.4. The van der Waals surface area contributed by atoms with Gasteiger partial charge in [0.05, 0.1) is 25.9 Å². The van der Waals surface area contributed by atoms with Crippen LogP contribution in [0.2, 0.25) is 0 Å². The fraction of sp³-hybridized carbons (Fsp3) is 0.583. The molecule has 0 N–H and O–H groups in total. The van der Waals surface area contributed by atoms with Crippen LogP contribution in [0.15, 0.2) is 30.0 Å². The van der Waals surface area contributed by atoms with Gasteiger partial charge < -0.3 is 14.4 Å². The molecule has 3 aliphatic rings. The van der Waals surface area contributed by atoms with Crippen molar-refractivity contribution in [3.8, 4) is 5.75 Å². The molecule has 168 valence electrons. The molecule has 1 aromatic rings. The fourth-order valence-corrected chi connectivity index (χ4v) is 4.59. The number of hydrogen-bond acceptors (Lipinski definition) is 6. The number of nitrogens with zero attached hydrogens (tertiary/aromatic N) is 3. The molecule has 2 saturated heterocycles. The van der Waals surface area contributed by atoms with E-state index in [-0.39, 0.29) is 11.8 Å². The number of benzene rings is 1. The first kappa shape index (κ1) is 21.8. The third-order valence-corrected chi connectivity index (χ3v) is 6.58. The summed E-state index contributed by atoms with van der Waals surface area (Å²) in [5.41, 5.74) is 1.89. The second kappa shape index (κ2) is 9.83. The zero-order valence-corrected chi connectivity index (χ0v) is 18.6. The lowest BCUT2D eigenvalue weighted by Gasteiger charge is -2.32. The van der Waals surface area contributed by atoms with Gasteiger partial charge in [-0.1, -0.05) is 19.1 Å². The van der Waals surface area contributed by atoms with Crippen molar-refractivity contribution in [1.29, 1.82) is 0 Å². The van der Waals surface area contributed by atoms with Gasteiger partial charge >= 0.3 is 0 Å². The Bertz CT molecular complexity index is 822. The van der Waals surface area contributed by atoms with Gasteiger partial charge in [-0.05, 0) is 42.9 Å². The van der Waals surface area contributed by atoms with Gasteiger partial charge in [-0.3, -0.25) is 19.4 Å². The molecule has 0 aromatic heterocycles. The van der Waals surface area contributed by atoms with Gasteiger partial charge in [0.2, 0.25) is 0 Å². The molecule has 3 heterocycles. The topological polar surface area (TPSA) is 62.3 Å². The predicted octanol–water partition coefficient (Wildman–Crippen LogP) is 2.23. The second-order valence-corrected chi connectivity index (χ2v) is 8.69. The summed E-state index contributed by atoms with van der Waals surface area (Å²) in [4.78, 5) is 32.8. The molecule has 0 spiro atoms. The van der Waals surface area contributed by atoms with E-state index >= 15 is 0 Å². The van der Waals surface area contributed by atoms with Crippen molar-refractivity contribution in [2.24, 2.45) is 5.92 Å². The molecule has 0 aliphatic carbocycles. The van der Waals surface area contributed by atoms with Gasteiger partial charge in [-0.2, -0.15) is 0 Å². The highest BCUT2D eigenvalue weighted by Gasteiger charge is 2.41. The van der Waals surface area contributed by atoms with Crippen LogP contribution in [-0.2, 0) is 14.3 Å². The number of imide groups is 1. The van der Waals surface area contributed by atoms with Crippen LogP contribution in [-0.4, -0.2) is 86.1 Å². The Morgan fingerprint density at radius 2 is 1.65 bits per heavy atom. The van der Waals surface area contributed by atoms with Crippen LogP contribution in [0.3, 0.4) is 0 Å². The number of hydrogen-bond donors (Lipinski definition) is 0. The summed E-state index contributed by atoms with van der Waals surface area (Å²) in [6, 6.07) is 7.44. The predicted molar refractivity (Wildman–Crippen MR) is 118 cm³/mol. The van der Waals surface area contributed by atoms with Crippen LogP contribution < -0.4 is 4.74 Å². The Morgan fingerprint density at radius 3 is 2.29 bits per heavy atom. The van der Waals surface area contributed by atoms with Gasteiger partial charge in [0.1, 0.15) is 11.4 Å². The Balaban J connectivity index is 1.54. The van der Waals surface area contributed by atoms with E-state index in [4.69, 9.17) is 9.47 Å². The molecule has 1 aromatic carbocycles. The van der Waals surface area contributed by atoms with Crippen LogP contribution in [0, 0.1) is 5.92 Å². The third kappa shape index (κ3) is 4.77. The highest BCUT2D eigenvalue weighted by atomic mass is 16.5. The lowest BCUT2D eigenvalue weighted by Crippen LogP contribution is -2.41. The lowest BCUT2D eigenvalue weighted by atomic mass is 9.97. The van der Waals surface area contributed by atoms with Gasteiger partial charge in [0, 0.05) is 39.3 Å². The maximum absolute atomic E-state index is 13.4. The number of piperidine rings is 1. The molecular formula is C24H33N3O4. The summed E-state index contributed by atoms with van der Waals surface area (Å²) in [6.45, 7) is 8.52. The highest BCUT2D eigenvalue weighted by molar-refractivity contribution is 6.35. The molecule has 0 radical (unpaired) electrons.